The van der Waals surface area contributed by atoms with Gasteiger partial charge in [-0.2, -0.15) is 0 Å². The lowest BCUT2D eigenvalue weighted by molar-refractivity contribution is 0.0684. The molecule has 0 aliphatic heterocycles. The molecule has 0 heterocycles. The Hall–Kier alpha value is -0.0800. The van der Waals surface area contributed by atoms with Gasteiger partial charge in [-0.05, 0) is 51.0 Å². The molecule has 0 spiro atoms. The molecule has 4 atom stereocenters. The maximum atomic E-state index is 6.31. The van der Waals surface area contributed by atoms with E-state index < -0.39 is 0 Å². The van der Waals surface area contributed by atoms with E-state index in [9.17, 15) is 0 Å². The van der Waals surface area contributed by atoms with Crippen molar-refractivity contribution in [1.82, 2.24) is 4.90 Å². The molecule has 0 aromatic heterocycles. The van der Waals surface area contributed by atoms with Crippen LogP contribution in [0.1, 0.15) is 58.8 Å². The van der Waals surface area contributed by atoms with Crippen molar-refractivity contribution in [2.75, 3.05) is 7.05 Å². The van der Waals surface area contributed by atoms with Crippen molar-refractivity contribution in [2.45, 2.75) is 76.9 Å². The summed E-state index contributed by atoms with van der Waals surface area (Å²) >= 11 is 0. The second-order valence-electron chi connectivity index (χ2n) is 6.75. The van der Waals surface area contributed by atoms with Gasteiger partial charge >= 0.3 is 0 Å². The fourth-order valence-electron chi connectivity index (χ4n) is 4.15. The van der Waals surface area contributed by atoms with E-state index in [0.29, 0.717) is 12.1 Å². The van der Waals surface area contributed by atoms with Crippen LogP contribution in [0.5, 0.6) is 0 Å². The molecule has 2 rings (SSSR count). The predicted molar refractivity (Wildman–Crippen MR) is 74.0 cm³/mol. The Kier molecular flexibility index (Phi) is 4.48. The third-order valence-corrected chi connectivity index (χ3v) is 5.03. The minimum absolute atomic E-state index is 0.418. The van der Waals surface area contributed by atoms with Crippen molar-refractivity contribution in [1.29, 1.82) is 0 Å². The fourth-order valence-corrected chi connectivity index (χ4v) is 4.15. The summed E-state index contributed by atoms with van der Waals surface area (Å²) in [6, 6.07) is 1.84. The molecule has 0 radical (unpaired) electrons. The van der Waals surface area contributed by atoms with Crippen LogP contribution in [0.2, 0.25) is 0 Å². The highest BCUT2D eigenvalue weighted by molar-refractivity contribution is 4.90. The smallest absolute Gasteiger partial charge is 0.0247 e. The molecule has 2 saturated carbocycles. The van der Waals surface area contributed by atoms with E-state index >= 15 is 0 Å². The third-order valence-electron chi connectivity index (χ3n) is 5.03. The van der Waals surface area contributed by atoms with Crippen molar-refractivity contribution in [3.05, 3.63) is 0 Å². The SMILES string of the molecule is CC1CC(C)CC(N(C)C2CCCCC2N)C1. The summed E-state index contributed by atoms with van der Waals surface area (Å²) in [7, 11) is 2.32. The zero-order valence-electron chi connectivity index (χ0n) is 11.9. The van der Waals surface area contributed by atoms with E-state index in [2.05, 4.69) is 25.8 Å². The fraction of sp³-hybridized carbons (Fsp3) is 1.00. The van der Waals surface area contributed by atoms with Gasteiger partial charge in [-0.15, -0.1) is 0 Å². The van der Waals surface area contributed by atoms with Gasteiger partial charge < -0.3 is 5.73 Å². The van der Waals surface area contributed by atoms with Crippen molar-refractivity contribution >= 4 is 0 Å². The molecule has 2 heteroatoms. The molecule has 2 N–H and O–H groups in total. The van der Waals surface area contributed by atoms with E-state index in [0.717, 1.165) is 17.9 Å². The normalized spacial score (nSPS) is 43.9. The minimum Gasteiger partial charge on any atom is -0.326 e. The van der Waals surface area contributed by atoms with Crippen LogP contribution in [-0.4, -0.2) is 30.1 Å². The highest BCUT2D eigenvalue weighted by Crippen LogP contribution is 2.33. The molecule has 2 fully saturated rings. The van der Waals surface area contributed by atoms with E-state index in [-0.39, 0.29) is 0 Å². The molecule has 4 unspecified atom stereocenters. The standard InChI is InChI=1S/C15H30N2/c1-11-8-12(2)10-13(9-11)17(3)15-7-5-4-6-14(15)16/h11-15H,4-10,16H2,1-3H3. The van der Waals surface area contributed by atoms with Crippen LogP contribution in [0.15, 0.2) is 0 Å². The summed E-state index contributed by atoms with van der Waals surface area (Å²) in [5.41, 5.74) is 6.31. The second kappa shape index (κ2) is 5.71. The number of nitrogens with two attached hydrogens (primary N) is 1. The summed E-state index contributed by atoms with van der Waals surface area (Å²) in [6.45, 7) is 4.83. The molecular weight excluding hydrogens is 208 g/mol. The highest BCUT2D eigenvalue weighted by Gasteiger charge is 2.33. The Morgan fingerprint density at radius 1 is 0.941 bits per heavy atom. The van der Waals surface area contributed by atoms with Crippen molar-refractivity contribution < 1.29 is 0 Å². The predicted octanol–water partition coefficient (Wildman–Crippen LogP) is 3.01. The molecule has 0 aromatic carbocycles. The summed E-state index contributed by atoms with van der Waals surface area (Å²) in [4.78, 5) is 2.63. The van der Waals surface area contributed by atoms with Crippen LogP contribution < -0.4 is 5.73 Å². The summed E-state index contributed by atoms with van der Waals surface area (Å²) in [6.07, 6.45) is 9.43. The molecule has 2 nitrogen and oxygen atoms in total. The van der Waals surface area contributed by atoms with Gasteiger partial charge in [0.1, 0.15) is 0 Å². The Labute approximate surface area is 107 Å². The molecule has 0 bridgehead atoms. The van der Waals surface area contributed by atoms with Crippen LogP contribution in [-0.2, 0) is 0 Å². The summed E-state index contributed by atoms with van der Waals surface area (Å²) in [5, 5.41) is 0. The minimum atomic E-state index is 0.418. The maximum Gasteiger partial charge on any atom is 0.0247 e. The molecule has 0 amide bonds. The molecule has 2 aliphatic rings. The van der Waals surface area contributed by atoms with E-state index in [4.69, 9.17) is 5.73 Å². The summed E-state index contributed by atoms with van der Waals surface area (Å²) < 4.78 is 0. The van der Waals surface area contributed by atoms with E-state index in [1.807, 2.05) is 0 Å². The number of likely N-dealkylation sites (N-methyl/N-ethyl adjacent to an activating group) is 1. The van der Waals surface area contributed by atoms with Crippen LogP contribution in [0, 0.1) is 11.8 Å². The topological polar surface area (TPSA) is 29.3 Å². The van der Waals surface area contributed by atoms with Gasteiger partial charge in [0.25, 0.3) is 0 Å². The average Bonchev–Trinajstić information content (AvgIpc) is 2.27. The van der Waals surface area contributed by atoms with Gasteiger partial charge in [0.05, 0.1) is 0 Å². The first-order valence-corrected chi connectivity index (χ1v) is 7.55. The van der Waals surface area contributed by atoms with Crippen LogP contribution in [0.4, 0.5) is 0 Å². The van der Waals surface area contributed by atoms with Gasteiger partial charge in [-0.3, -0.25) is 4.90 Å². The molecule has 17 heavy (non-hydrogen) atoms. The largest absolute Gasteiger partial charge is 0.326 e. The third kappa shape index (κ3) is 3.23. The molecule has 2 aliphatic carbocycles. The lowest BCUT2D eigenvalue weighted by Crippen LogP contribution is -2.53. The average molecular weight is 238 g/mol. The van der Waals surface area contributed by atoms with Crippen LogP contribution in [0.3, 0.4) is 0 Å². The Morgan fingerprint density at radius 3 is 2.12 bits per heavy atom. The lowest BCUT2D eigenvalue weighted by atomic mass is 9.78. The summed E-state index contributed by atoms with van der Waals surface area (Å²) in [5.74, 6) is 1.79. The molecular formula is C15H30N2. The highest BCUT2D eigenvalue weighted by atomic mass is 15.2. The Balaban J connectivity index is 1.95. The first kappa shape index (κ1) is 13.4. The van der Waals surface area contributed by atoms with Gasteiger partial charge in [0.2, 0.25) is 0 Å². The molecule has 100 valence electrons. The maximum absolute atomic E-state index is 6.31. The zero-order valence-corrected chi connectivity index (χ0v) is 11.9. The second-order valence-corrected chi connectivity index (χ2v) is 6.75. The van der Waals surface area contributed by atoms with Crippen LogP contribution >= 0.6 is 0 Å². The van der Waals surface area contributed by atoms with Crippen LogP contribution in [0.25, 0.3) is 0 Å². The first-order valence-electron chi connectivity index (χ1n) is 7.55. The zero-order chi connectivity index (χ0) is 12.4. The van der Waals surface area contributed by atoms with Crippen molar-refractivity contribution in [3.8, 4) is 0 Å². The number of hydrogen-bond donors (Lipinski definition) is 1. The quantitative estimate of drug-likeness (QED) is 0.801. The number of hydrogen-bond acceptors (Lipinski definition) is 2. The first-order chi connectivity index (χ1) is 8.08. The Bertz CT molecular complexity index is 231. The lowest BCUT2D eigenvalue weighted by Gasteiger charge is -2.44. The number of nitrogens with zero attached hydrogens (tertiary/aromatic N) is 1. The molecule has 0 aromatic rings. The van der Waals surface area contributed by atoms with Crippen molar-refractivity contribution in [2.24, 2.45) is 17.6 Å². The van der Waals surface area contributed by atoms with E-state index in [1.165, 1.54) is 44.9 Å². The van der Waals surface area contributed by atoms with E-state index in [1.54, 1.807) is 0 Å². The number of rotatable bonds is 2. The molecule has 0 saturated heterocycles. The Morgan fingerprint density at radius 2 is 1.53 bits per heavy atom. The monoisotopic (exact) mass is 238 g/mol. The van der Waals surface area contributed by atoms with Crippen molar-refractivity contribution in [3.63, 3.8) is 0 Å². The van der Waals surface area contributed by atoms with Gasteiger partial charge in [-0.1, -0.05) is 26.7 Å². The van der Waals surface area contributed by atoms with Gasteiger partial charge in [0.15, 0.2) is 0 Å². The van der Waals surface area contributed by atoms with Gasteiger partial charge in [-0.25, -0.2) is 0 Å². The van der Waals surface area contributed by atoms with Gasteiger partial charge in [0, 0.05) is 18.1 Å².